The number of rotatable bonds is 3. The molecule has 2 aromatic rings. The fourth-order valence-corrected chi connectivity index (χ4v) is 1.36. The first-order valence-corrected chi connectivity index (χ1v) is 4.51. The van der Waals surface area contributed by atoms with E-state index in [1.165, 1.54) is 0 Å². The van der Waals surface area contributed by atoms with Gasteiger partial charge in [-0.25, -0.2) is 0 Å². The van der Waals surface area contributed by atoms with Crippen LogP contribution in [-0.2, 0) is 6.42 Å². The maximum absolute atomic E-state index is 8.71. The maximum Gasteiger partial charge on any atom is 0.160 e. The van der Waals surface area contributed by atoms with Gasteiger partial charge in [0.15, 0.2) is 5.65 Å². The number of nitrogens with zero attached hydrogens (tertiary/aromatic N) is 3. The number of aliphatic hydroxyl groups is 1. The molecule has 0 saturated heterocycles. The first-order valence-electron chi connectivity index (χ1n) is 4.51. The molecule has 2 aromatic heterocycles. The molecule has 0 unspecified atom stereocenters. The van der Waals surface area contributed by atoms with Crippen LogP contribution >= 0.6 is 0 Å². The van der Waals surface area contributed by atoms with Gasteiger partial charge in [-0.2, -0.15) is 0 Å². The van der Waals surface area contributed by atoms with E-state index in [9.17, 15) is 0 Å². The fourth-order valence-electron chi connectivity index (χ4n) is 1.36. The van der Waals surface area contributed by atoms with Crippen molar-refractivity contribution in [2.24, 2.45) is 0 Å². The highest BCUT2D eigenvalue weighted by Gasteiger charge is 2.04. The summed E-state index contributed by atoms with van der Waals surface area (Å²) in [5, 5.41) is 16.7. The monoisotopic (exact) mass is 192 g/mol. The zero-order valence-electron chi connectivity index (χ0n) is 7.72. The number of anilines is 1. The van der Waals surface area contributed by atoms with E-state index in [-0.39, 0.29) is 6.61 Å². The van der Waals surface area contributed by atoms with E-state index in [0.717, 1.165) is 11.5 Å². The number of aliphatic hydroxyl groups excluding tert-OH is 1. The van der Waals surface area contributed by atoms with Crippen LogP contribution in [0.25, 0.3) is 5.65 Å². The van der Waals surface area contributed by atoms with Crippen molar-refractivity contribution in [3.63, 3.8) is 0 Å². The number of nitrogen functional groups attached to an aromatic ring is 1. The number of pyridine rings is 1. The lowest BCUT2D eigenvalue weighted by Gasteiger charge is -1.99. The highest BCUT2D eigenvalue weighted by atomic mass is 16.2. The zero-order valence-corrected chi connectivity index (χ0v) is 7.72. The van der Waals surface area contributed by atoms with Crippen LogP contribution in [0.15, 0.2) is 18.3 Å². The molecule has 0 atom stereocenters. The van der Waals surface area contributed by atoms with Crippen molar-refractivity contribution in [2.45, 2.75) is 12.8 Å². The van der Waals surface area contributed by atoms with Crippen LogP contribution in [0.4, 0.5) is 5.69 Å². The third kappa shape index (κ3) is 1.54. The van der Waals surface area contributed by atoms with Crippen molar-refractivity contribution in [3.8, 4) is 0 Å². The number of aryl methyl sites for hydroxylation is 1. The van der Waals surface area contributed by atoms with Crippen LogP contribution < -0.4 is 5.73 Å². The Balaban J connectivity index is 2.40. The molecular formula is C9H12N4O. The second kappa shape index (κ2) is 3.63. The second-order valence-electron chi connectivity index (χ2n) is 3.13. The highest BCUT2D eigenvalue weighted by molar-refractivity contribution is 5.47. The summed E-state index contributed by atoms with van der Waals surface area (Å²) in [5.41, 5.74) is 7.12. The predicted octanol–water partition coefficient (Wildman–Crippen LogP) is 0.236. The Morgan fingerprint density at radius 3 is 3.00 bits per heavy atom. The van der Waals surface area contributed by atoms with Gasteiger partial charge in [-0.15, -0.1) is 10.2 Å². The number of fused-ring (bicyclic) bond motifs is 1. The lowest BCUT2D eigenvalue weighted by molar-refractivity contribution is 0.287. The van der Waals surface area contributed by atoms with E-state index < -0.39 is 0 Å². The average Bonchev–Trinajstić information content (AvgIpc) is 2.57. The minimum Gasteiger partial charge on any atom is -0.398 e. The predicted molar refractivity (Wildman–Crippen MR) is 52.8 cm³/mol. The van der Waals surface area contributed by atoms with Gasteiger partial charge in [-0.05, 0) is 18.6 Å². The molecule has 0 bridgehead atoms. The molecule has 74 valence electrons. The molecule has 0 aliphatic heterocycles. The summed E-state index contributed by atoms with van der Waals surface area (Å²) in [6, 6.07) is 3.62. The van der Waals surface area contributed by atoms with E-state index in [1.807, 2.05) is 10.5 Å². The van der Waals surface area contributed by atoms with Gasteiger partial charge in [0.05, 0.1) is 0 Å². The lowest BCUT2D eigenvalue weighted by atomic mass is 10.3. The Morgan fingerprint density at radius 1 is 1.36 bits per heavy atom. The molecule has 0 aromatic carbocycles. The highest BCUT2D eigenvalue weighted by Crippen LogP contribution is 2.09. The van der Waals surface area contributed by atoms with E-state index >= 15 is 0 Å². The Labute approximate surface area is 81.2 Å². The SMILES string of the molecule is Nc1ccc2nnc(CCCO)n2c1. The number of hydrogen-bond acceptors (Lipinski definition) is 4. The Kier molecular flexibility index (Phi) is 2.32. The molecule has 0 aliphatic carbocycles. The smallest absolute Gasteiger partial charge is 0.160 e. The third-order valence-corrected chi connectivity index (χ3v) is 2.05. The Bertz CT molecular complexity index is 437. The summed E-state index contributed by atoms with van der Waals surface area (Å²) in [5.74, 6) is 0.835. The standard InChI is InChI=1S/C9H12N4O/c10-7-3-4-9-12-11-8(2-1-5-14)13(9)6-7/h3-4,6,14H,1-2,5,10H2. The van der Waals surface area contributed by atoms with Gasteiger partial charge in [-0.3, -0.25) is 4.40 Å². The molecule has 0 amide bonds. The molecule has 5 nitrogen and oxygen atoms in total. The quantitative estimate of drug-likeness (QED) is 0.730. The van der Waals surface area contributed by atoms with Crippen LogP contribution in [0.5, 0.6) is 0 Å². The summed E-state index contributed by atoms with van der Waals surface area (Å²) < 4.78 is 1.85. The minimum absolute atomic E-state index is 0.164. The molecule has 0 fully saturated rings. The number of nitrogens with two attached hydrogens (primary N) is 1. The molecule has 0 aliphatic rings. The summed E-state index contributed by atoms with van der Waals surface area (Å²) in [6.07, 6.45) is 3.19. The first kappa shape index (κ1) is 8.96. The van der Waals surface area contributed by atoms with E-state index in [4.69, 9.17) is 10.8 Å². The molecule has 2 rings (SSSR count). The Hall–Kier alpha value is -1.62. The molecule has 3 N–H and O–H groups in total. The lowest BCUT2D eigenvalue weighted by Crippen LogP contribution is -1.98. The van der Waals surface area contributed by atoms with Crippen LogP contribution in [0.1, 0.15) is 12.2 Å². The zero-order chi connectivity index (χ0) is 9.97. The molecule has 0 saturated carbocycles. The molecule has 5 heteroatoms. The van der Waals surface area contributed by atoms with Crippen LogP contribution in [0, 0.1) is 0 Å². The van der Waals surface area contributed by atoms with Crippen LogP contribution in [0.3, 0.4) is 0 Å². The summed E-state index contributed by atoms with van der Waals surface area (Å²) in [7, 11) is 0. The molecule has 0 radical (unpaired) electrons. The second-order valence-corrected chi connectivity index (χ2v) is 3.13. The number of hydrogen-bond donors (Lipinski definition) is 2. The van der Waals surface area contributed by atoms with Crippen LogP contribution in [-0.4, -0.2) is 26.3 Å². The van der Waals surface area contributed by atoms with Crippen LogP contribution in [0.2, 0.25) is 0 Å². The normalized spacial score (nSPS) is 10.9. The van der Waals surface area contributed by atoms with Gasteiger partial charge < -0.3 is 10.8 Å². The van der Waals surface area contributed by atoms with Gasteiger partial charge in [-0.1, -0.05) is 0 Å². The van der Waals surface area contributed by atoms with Gasteiger partial charge in [0.1, 0.15) is 5.82 Å². The van der Waals surface area contributed by atoms with E-state index in [2.05, 4.69) is 10.2 Å². The molecular weight excluding hydrogens is 180 g/mol. The van der Waals surface area contributed by atoms with Crippen molar-refractivity contribution in [3.05, 3.63) is 24.2 Å². The van der Waals surface area contributed by atoms with E-state index in [1.54, 1.807) is 12.3 Å². The number of aromatic nitrogens is 3. The summed E-state index contributed by atoms with van der Waals surface area (Å²) in [4.78, 5) is 0. The van der Waals surface area contributed by atoms with E-state index in [0.29, 0.717) is 18.5 Å². The first-order chi connectivity index (χ1) is 6.81. The molecule has 2 heterocycles. The van der Waals surface area contributed by atoms with Gasteiger partial charge in [0.2, 0.25) is 0 Å². The van der Waals surface area contributed by atoms with Crippen molar-refractivity contribution in [1.82, 2.24) is 14.6 Å². The Morgan fingerprint density at radius 2 is 2.21 bits per heavy atom. The molecule has 0 spiro atoms. The maximum atomic E-state index is 8.71. The summed E-state index contributed by atoms with van der Waals surface area (Å²) in [6.45, 7) is 0.164. The fraction of sp³-hybridized carbons (Fsp3) is 0.333. The molecule has 14 heavy (non-hydrogen) atoms. The topological polar surface area (TPSA) is 76.4 Å². The van der Waals surface area contributed by atoms with Gasteiger partial charge in [0.25, 0.3) is 0 Å². The van der Waals surface area contributed by atoms with Gasteiger partial charge in [0, 0.05) is 24.9 Å². The third-order valence-electron chi connectivity index (χ3n) is 2.05. The summed E-state index contributed by atoms with van der Waals surface area (Å²) >= 11 is 0. The van der Waals surface area contributed by atoms with Crippen molar-refractivity contribution in [2.75, 3.05) is 12.3 Å². The largest absolute Gasteiger partial charge is 0.398 e. The average molecular weight is 192 g/mol. The van der Waals surface area contributed by atoms with Gasteiger partial charge >= 0.3 is 0 Å². The van der Waals surface area contributed by atoms with Crippen molar-refractivity contribution >= 4 is 11.3 Å². The van der Waals surface area contributed by atoms with Crippen molar-refractivity contribution in [1.29, 1.82) is 0 Å². The van der Waals surface area contributed by atoms with Crippen molar-refractivity contribution < 1.29 is 5.11 Å². The minimum atomic E-state index is 0.164.